The van der Waals surface area contributed by atoms with Crippen LogP contribution in [0.3, 0.4) is 0 Å². The molecule has 160 valence electrons. The molecule has 2 aromatic carbocycles. The molecule has 0 spiro atoms. The number of carbonyl (C=O) groups excluding carboxylic acids is 1. The summed E-state index contributed by atoms with van der Waals surface area (Å²) in [5.41, 5.74) is 8.59. The molecule has 0 saturated carbocycles. The highest BCUT2D eigenvalue weighted by Crippen LogP contribution is 2.27. The van der Waals surface area contributed by atoms with Crippen molar-refractivity contribution < 1.29 is 14.3 Å². The standard InChI is InChI=1S/C24H31N3O3/c1-3-29-20-11-9-18(10-12-20)14-23(28)27-13-5-6-19(15-27)16-30-22-8-4-7-21(26)24(22)17(2)25/h4,7-12,19,25H,3,5-6,13-16,26H2,1-2H3. The van der Waals surface area contributed by atoms with Gasteiger partial charge in [-0.25, -0.2) is 0 Å². The Kier molecular flexibility index (Phi) is 7.33. The molecule has 3 rings (SSSR count). The molecule has 1 heterocycles. The first kappa shape index (κ1) is 21.7. The van der Waals surface area contributed by atoms with Gasteiger partial charge < -0.3 is 25.5 Å². The lowest BCUT2D eigenvalue weighted by atomic mass is 9.98. The number of anilines is 1. The molecule has 6 heteroatoms. The molecule has 6 nitrogen and oxygen atoms in total. The molecule has 3 N–H and O–H groups in total. The van der Waals surface area contributed by atoms with Gasteiger partial charge in [-0.05, 0) is 56.5 Å². The number of amides is 1. The van der Waals surface area contributed by atoms with Gasteiger partial charge in [0.15, 0.2) is 0 Å². The lowest BCUT2D eigenvalue weighted by molar-refractivity contribution is -0.132. The minimum Gasteiger partial charge on any atom is -0.494 e. The number of hydrogen-bond donors (Lipinski definition) is 2. The lowest BCUT2D eigenvalue weighted by Crippen LogP contribution is -2.42. The number of nitrogens with zero attached hydrogens (tertiary/aromatic N) is 1. The summed E-state index contributed by atoms with van der Waals surface area (Å²) in [6.07, 6.45) is 2.39. The van der Waals surface area contributed by atoms with Crippen LogP contribution in [0.5, 0.6) is 11.5 Å². The minimum absolute atomic E-state index is 0.142. The first-order chi connectivity index (χ1) is 14.5. The number of nitrogens with one attached hydrogen (secondary N) is 1. The predicted molar refractivity (Wildman–Crippen MR) is 119 cm³/mol. The van der Waals surface area contributed by atoms with Crippen LogP contribution in [0.4, 0.5) is 5.69 Å². The van der Waals surface area contributed by atoms with E-state index >= 15 is 0 Å². The van der Waals surface area contributed by atoms with Crippen LogP contribution in [0.1, 0.15) is 37.8 Å². The van der Waals surface area contributed by atoms with Crippen LogP contribution in [0.15, 0.2) is 42.5 Å². The van der Waals surface area contributed by atoms with Crippen LogP contribution in [0, 0.1) is 11.3 Å². The number of benzene rings is 2. The van der Waals surface area contributed by atoms with Crippen molar-refractivity contribution in [2.75, 3.05) is 32.0 Å². The van der Waals surface area contributed by atoms with Gasteiger partial charge in [-0.15, -0.1) is 0 Å². The smallest absolute Gasteiger partial charge is 0.227 e. The third-order valence-corrected chi connectivity index (χ3v) is 5.37. The van der Waals surface area contributed by atoms with E-state index in [1.54, 1.807) is 13.0 Å². The molecule has 0 aliphatic carbocycles. The summed E-state index contributed by atoms with van der Waals surface area (Å²) in [6, 6.07) is 13.2. The van der Waals surface area contributed by atoms with Crippen LogP contribution in [-0.2, 0) is 11.2 Å². The third-order valence-electron chi connectivity index (χ3n) is 5.37. The Bertz CT molecular complexity index is 880. The number of hydrogen-bond acceptors (Lipinski definition) is 5. The van der Waals surface area contributed by atoms with Crippen molar-refractivity contribution in [1.82, 2.24) is 4.90 Å². The summed E-state index contributed by atoms with van der Waals surface area (Å²) in [6.45, 7) is 6.28. The Morgan fingerprint density at radius 2 is 1.97 bits per heavy atom. The van der Waals surface area contributed by atoms with Gasteiger partial charge in [0.05, 0.1) is 25.2 Å². The topological polar surface area (TPSA) is 88.6 Å². The maximum atomic E-state index is 12.8. The van der Waals surface area contributed by atoms with Crippen LogP contribution in [0.2, 0.25) is 0 Å². The largest absolute Gasteiger partial charge is 0.494 e. The number of ether oxygens (including phenoxy) is 2. The third kappa shape index (κ3) is 5.53. The number of likely N-dealkylation sites (tertiary alicyclic amines) is 1. The zero-order valence-corrected chi connectivity index (χ0v) is 17.8. The number of rotatable bonds is 8. The Morgan fingerprint density at radius 3 is 2.67 bits per heavy atom. The second kappa shape index (κ2) is 10.1. The lowest BCUT2D eigenvalue weighted by Gasteiger charge is -2.33. The second-order valence-corrected chi connectivity index (χ2v) is 7.76. The van der Waals surface area contributed by atoms with E-state index in [9.17, 15) is 4.79 Å². The van der Waals surface area contributed by atoms with Crippen molar-refractivity contribution in [3.05, 3.63) is 53.6 Å². The number of carbonyl (C=O) groups is 1. The second-order valence-electron chi connectivity index (χ2n) is 7.76. The number of nitrogens with two attached hydrogens (primary N) is 1. The highest BCUT2D eigenvalue weighted by Gasteiger charge is 2.24. The monoisotopic (exact) mass is 409 g/mol. The van der Waals surface area contributed by atoms with Crippen molar-refractivity contribution >= 4 is 17.3 Å². The number of piperidine rings is 1. The van der Waals surface area contributed by atoms with E-state index < -0.39 is 0 Å². The van der Waals surface area contributed by atoms with Gasteiger partial charge in [0.2, 0.25) is 5.91 Å². The number of nitrogen functional groups attached to an aromatic ring is 1. The summed E-state index contributed by atoms with van der Waals surface area (Å²) >= 11 is 0. The molecular formula is C24H31N3O3. The zero-order valence-electron chi connectivity index (χ0n) is 17.8. The summed E-state index contributed by atoms with van der Waals surface area (Å²) in [7, 11) is 0. The Hall–Kier alpha value is -3.02. The Labute approximate surface area is 178 Å². The highest BCUT2D eigenvalue weighted by molar-refractivity contribution is 6.03. The molecule has 1 atom stereocenters. The highest BCUT2D eigenvalue weighted by atomic mass is 16.5. The van der Waals surface area contributed by atoms with E-state index in [4.69, 9.17) is 20.6 Å². The maximum absolute atomic E-state index is 12.8. The van der Waals surface area contributed by atoms with Crippen LogP contribution in [0.25, 0.3) is 0 Å². The maximum Gasteiger partial charge on any atom is 0.227 e. The first-order valence-electron chi connectivity index (χ1n) is 10.5. The molecule has 30 heavy (non-hydrogen) atoms. The Balaban J connectivity index is 1.56. The molecule has 1 aliphatic rings. The van der Waals surface area contributed by atoms with Gasteiger partial charge in [0.25, 0.3) is 0 Å². The minimum atomic E-state index is 0.142. The van der Waals surface area contributed by atoms with Crippen molar-refractivity contribution in [3.8, 4) is 11.5 Å². The molecule has 0 aromatic heterocycles. The van der Waals surface area contributed by atoms with Crippen molar-refractivity contribution in [2.45, 2.75) is 33.1 Å². The predicted octanol–water partition coefficient (Wildman–Crippen LogP) is 3.92. The summed E-state index contributed by atoms with van der Waals surface area (Å²) in [5, 5.41) is 7.95. The average molecular weight is 410 g/mol. The molecule has 0 radical (unpaired) electrons. The average Bonchev–Trinajstić information content (AvgIpc) is 2.74. The van der Waals surface area contributed by atoms with Gasteiger partial charge in [-0.1, -0.05) is 18.2 Å². The zero-order chi connectivity index (χ0) is 21.5. The Morgan fingerprint density at radius 1 is 1.20 bits per heavy atom. The van der Waals surface area contributed by atoms with Gasteiger partial charge in [-0.3, -0.25) is 4.79 Å². The van der Waals surface area contributed by atoms with E-state index in [0.717, 1.165) is 30.7 Å². The fraction of sp³-hybridized carbons (Fsp3) is 0.417. The molecule has 1 unspecified atom stereocenters. The summed E-state index contributed by atoms with van der Waals surface area (Å²) in [4.78, 5) is 14.7. The molecular weight excluding hydrogens is 378 g/mol. The fourth-order valence-corrected chi connectivity index (χ4v) is 3.86. The van der Waals surface area contributed by atoms with E-state index in [2.05, 4.69) is 0 Å². The van der Waals surface area contributed by atoms with Crippen LogP contribution >= 0.6 is 0 Å². The molecule has 0 bridgehead atoms. The molecule has 1 saturated heterocycles. The molecule has 2 aromatic rings. The van der Waals surface area contributed by atoms with Crippen molar-refractivity contribution in [2.24, 2.45) is 5.92 Å². The van der Waals surface area contributed by atoms with Crippen molar-refractivity contribution in [1.29, 1.82) is 5.41 Å². The van der Waals surface area contributed by atoms with E-state index in [1.165, 1.54) is 0 Å². The normalized spacial score (nSPS) is 16.2. The molecule has 1 fully saturated rings. The molecule has 1 amide bonds. The van der Waals surface area contributed by atoms with Gasteiger partial charge in [-0.2, -0.15) is 0 Å². The van der Waals surface area contributed by atoms with Gasteiger partial charge >= 0.3 is 0 Å². The fourth-order valence-electron chi connectivity index (χ4n) is 3.86. The van der Waals surface area contributed by atoms with E-state index in [0.29, 0.717) is 48.9 Å². The van der Waals surface area contributed by atoms with Crippen molar-refractivity contribution in [3.63, 3.8) is 0 Å². The van der Waals surface area contributed by atoms with E-state index in [1.807, 2.05) is 48.2 Å². The van der Waals surface area contributed by atoms with E-state index in [-0.39, 0.29) is 11.8 Å². The SMILES string of the molecule is CCOc1ccc(CC(=O)N2CCCC(COc3cccc(N)c3C(C)=N)C2)cc1. The van der Waals surface area contributed by atoms with Gasteiger partial charge in [0, 0.05) is 30.4 Å². The summed E-state index contributed by atoms with van der Waals surface area (Å²) in [5.74, 6) is 1.87. The first-order valence-corrected chi connectivity index (χ1v) is 10.5. The quantitative estimate of drug-likeness (QED) is 0.511. The summed E-state index contributed by atoms with van der Waals surface area (Å²) < 4.78 is 11.5. The van der Waals surface area contributed by atoms with Crippen LogP contribution in [-0.4, -0.2) is 42.8 Å². The van der Waals surface area contributed by atoms with Gasteiger partial charge in [0.1, 0.15) is 11.5 Å². The molecule has 1 aliphatic heterocycles. The van der Waals surface area contributed by atoms with Crippen LogP contribution < -0.4 is 15.2 Å².